The lowest BCUT2D eigenvalue weighted by atomic mass is 10.2. The van der Waals surface area contributed by atoms with Gasteiger partial charge in [0, 0.05) is 16.6 Å². The monoisotopic (exact) mass is 323 g/mol. The molecule has 0 amide bonds. The van der Waals surface area contributed by atoms with E-state index < -0.39 is 4.92 Å². The summed E-state index contributed by atoms with van der Waals surface area (Å²) in [6.45, 7) is 1.79. The maximum absolute atomic E-state index is 11.0. The first-order chi connectivity index (χ1) is 8.95. The van der Waals surface area contributed by atoms with Crippen molar-refractivity contribution < 1.29 is 14.8 Å². The summed E-state index contributed by atoms with van der Waals surface area (Å²) in [6.07, 6.45) is 0. The predicted octanol–water partition coefficient (Wildman–Crippen LogP) is 4.16. The molecule has 2 aromatic rings. The van der Waals surface area contributed by atoms with Crippen LogP contribution in [0.5, 0.6) is 17.2 Å². The third-order valence-electron chi connectivity index (χ3n) is 2.38. The molecule has 0 spiro atoms. The van der Waals surface area contributed by atoms with Crippen LogP contribution in [0.3, 0.4) is 0 Å². The van der Waals surface area contributed by atoms with Crippen molar-refractivity contribution >= 4 is 21.6 Å². The fourth-order valence-electron chi connectivity index (χ4n) is 1.63. The number of phenols is 1. The number of phenolic OH excluding ortho intramolecular Hbond substituents is 1. The van der Waals surface area contributed by atoms with Crippen LogP contribution in [0.2, 0.25) is 0 Å². The number of ether oxygens (including phenoxy) is 1. The minimum Gasteiger partial charge on any atom is -0.508 e. The Morgan fingerprint density at radius 3 is 2.63 bits per heavy atom. The average molecular weight is 324 g/mol. The van der Waals surface area contributed by atoms with E-state index in [0.29, 0.717) is 10.2 Å². The molecule has 2 rings (SSSR count). The Kier molecular flexibility index (Phi) is 3.71. The highest BCUT2D eigenvalue weighted by Crippen LogP contribution is 2.34. The highest BCUT2D eigenvalue weighted by atomic mass is 79.9. The Balaban J connectivity index is 2.40. The van der Waals surface area contributed by atoms with Crippen LogP contribution < -0.4 is 4.74 Å². The van der Waals surface area contributed by atoms with E-state index in [2.05, 4.69) is 15.9 Å². The molecule has 0 aromatic heterocycles. The van der Waals surface area contributed by atoms with Gasteiger partial charge in [0.2, 0.25) is 5.75 Å². The van der Waals surface area contributed by atoms with Crippen molar-refractivity contribution in [2.24, 2.45) is 0 Å². The molecule has 5 nitrogen and oxygen atoms in total. The van der Waals surface area contributed by atoms with E-state index in [9.17, 15) is 15.2 Å². The second kappa shape index (κ2) is 5.27. The molecule has 0 heterocycles. The van der Waals surface area contributed by atoms with Gasteiger partial charge in [0.05, 0.1) is 4.92 Å². The zero-order chi connectivity index (χ0) is 14.0. The van der Waals surface area contributed by atoms with Crippen molar-refractivity contribution in [2.75, 3.05) is 0 Å². The highest BCUT2D eigenvalue weighted by molar-refractivity contribution is 9.10. The van der Waals surface area contributed by atoms with E-state index >= 15 is 0 Å². The molecule has 0 fully saturated rings. The molecule has 0 saturated heterocycles. The van der Waals surface area contributed by atoms with Crippen LogP contribution in [-0.4, -0.2) is 10.0 Å². The fourth-order valence-corrected chi connectivity index (χ4v) is 1.98. The average Bonchev–Trinajstić information content (AvgIpc) is 2.30. The third-order valence-corrected chi connectivity index (χ3v) is 2.87. The Morgan fingerprint density at radius 2 is 2.00 bits per heavy atom. The number of nitro benzene ring substituents is 1. The Bertz CT molecular complexity index is 622. The summed E-state index contributed by atoms with van der Waals surface area (Å²) in [5.41, 5.74) is 0.658. The van der Waals surface area contributed by atoms with Crippen molar-refractivity contribution in [1.82, 2.24) is 0 Å². The lowest BCUT2D eigenvalue weighted by Crippen LogP contribution is -1.93. The molecule has 2 aromatic carbocycles. The van der Waals surface area contributed by atoms with Crippen molar-refractivity contribution in [3.05, 3.63) is 56.5 Å². The zero-order valence-electron chi connectivity index (χ0n) is 9.96. The zero-order valence-corrected chi connectivity index (χ0v) is 11.5. The van der Waals surface area contributed by atoms with Gasteiger partial charge in [0.1, 0.15) is 11.5 Å². The van der Waals surface area contributed by atoms with Crippen LogP contribution in [0.4, 0.5) is 5.69 Å². The van der Waals surface area contributed by atoms with E-state index in [4.69, 9.17) is 4.74 Å². The first-order valence-electron chi connectivity index (χ1n) is 5.38. The summed E-state index contributed by atoms with van der Waals surface area (Å²) in [5.74, 6) is 0.524. The van der Waals surface area contributed by atoms with Crippen LogP contribution >= 0.6 is 15.9 Å². The summed E-state index contributed by atoms with van der Waals surface area (Å²) in [4.78, 5) is 10.4. The van der Waals surface area contributed by atoms with Gasteiger partial charge in [0.25, 0.3) is 0 Å². The topological polar surface area (TPSA) is 72.6 Å². The Morgan fingerprint density at radius 1 is 1.26 bits per heavy atom. The molecule has 19 heavy (non-hydrogen) atoms. The number of halogens is 1. The fraction of sp³-hybridized carbons (Fsp3) is 0.0769. The molecule has 0 bridgehead atoms. The number of aromatic hydroxyl groups is 1. The molecule has 0 unspecified atom stereocenters. The molecule has 6 heteroatoms. The standard InChI is InChI=1S/C13H10BrNO4/c1-8-4-10(16)7-11(5-8)19-13-3-2-9(14)6-12(13)15(17)18/h2-7,16H,1H3. The lowest BCUT2D eigenvalue weighted by molar-refractivity contribution is -0.385. The summed E-state index contributed by atoms with van der Waals surface area (Å²) in [7, 11) is 0. The van der Waals surface area contributed by atoms with Gasteiger partial charge >= 0.3 is 5.69 Å². The summed E-state index contributed by atoms with van der Waals surface area (Å²) in [5, 5.41) is 20.4. The molecule has 0 radical (unpaired) electrons. The molecular formula is C13H10BrNO4. The smallest absolute Gasteiger partial charge is 0.312 e. The number of rotatable bonds is 3. The first kappa shape index (κ1) is 13.4. The second-order valence-electron chi connectivity index (χ2n) is 3.98. The largest absolute Gasteiger partial charge is 0.508 e. The Hall–Kier alpha value is -2.08. The van der Waals surface area contributed by atoms with Gasteiger partial charge in [0.15, 0.2) is 0 Å². The van der Waals surface area contributed by atoms with Crippen molar-refractivity contribution in [1.29, 1.82) is 0 Å². The van der Waals surface area contributed by atoms with Gasteiger partial charge in [-0.25, -0.2) is 0 Å². The van der Waals surface area contributed by atoms with Gasteiger partial charge in [-0.15, -0.1) is 0 Å². The van der Waals surface area contributed by atoms with Crippen LogP contribution in [0, 0.1) is 17.0 Å². The molecule has 0 atom stereocenters. The predicted molar refractivity (Wildman–Crippen MR) is 73.7 cm³/mol. The lowest BCUT2D eigenvalue weighted by Gasteiger charge is -2.08. The molecule has 0 aliphatic rings. The van der Waals surface area contributed by atoms with Crippen LogP contribution in [-0.2, 0) is 0 Å². The molecule has 0 aliphatic heterocycles. The highest BCUT2D eigenvalue weighted by Gasteiger charge is 2.16. The van der Waals surface area contributed by atoms with E-state index in [1.807, 2.05) is 0 Å². The normalized spacial score (nSPS) is 10.2. The van der Waals surface area contributed by atoms with Gasteiger partial charge < -0.3 is 9.84 Å². The number of hydrogen-bond donors (Lipinski definition) is 1. The molecule has 98 valence electrons. The number of aryl methyl sites for hydroxylation is 1. The van der Waals surface area contributed by atoms with E-state index in [0.717, 1.165) is 5.56 Å². The van der Waals surface area contributed by atoms with Crippen molar-refractivity contribution in [2.45, 2.75) is 6.92 Å². The summed E-state index contributed by atoms with van der Waals surface area (Å²) < 4.78 is 6.06. The minimum atomic E-state index is -0.518. The number of nitrogens with zero attached hydrogens (tertiary/aromatic N) is 1. The third kappa shape index (κ3) is 3.23. The van der Waals surface area contributed by atoms with Gasteiger partial charge in [-0.05, 0) is 36.8 Å². The maximum Gasteiger partial charge on any atom is 0.312 e. The molecule has 1 N–H and O–H groups in total. The SMILES string of the molecule is Cc1cc(O)cc(Oc2ccc(Br)cc2[N+](=O)[O-])c1. The maximum atomic E-state index is 11.0. The molecular weight excluding hydrogens is 314 g/mol. The minimum absolute atomic E-state index is 0.0507. The molecule has 0 saturated carbocycles. The number of nitro groups is 1. The van der Waals surface area contributed by atoms with Crippen molar-refractivity contribution in [3.63, 3.8) is 0 Å². The van der Waals surface area contributed by atoms with Gasteiger partial charge in [-0.3, -0.25) is 10.1 Å². The van der Waals surface area contributed by atoms with Crippen molar-refractivity contribution in [3.8, 4) is 17.2 Å². The number of benzene rings is 2. The summed E-state index contributed by atoms with van der Waals surface area (Å²) >= 11 is 3.17. The van der Waals surface area contributed by atoms with E-state index in [1.165, 1.54) is 18.2 Å². The van der Waals surface area contributed by atoms with E-state index in [1.54, 1.807) is 25.1 Å². The van der Waals surface area contributed by atoms with E-state index in [-0.39, 0.29) is 17.2 Å². The van der Waals surface area contributed by atoms with Crippen LogP contribution in [0.25, 0.3) is 0 Å². The number of hydrogen-bond acceptors (Lipinski definition) is 4. The Labute approximate surface area is 117 Å². The van der Waals surface area contributed by atoms with Crippen LogP contribution in [0.15, 0.2) is 40.9 Å². The first-order valence-corrected chi connectivity index (χ1v) is 6.17. The van der Waals surface area contributed by atoms with Crippen LogP contribution in [0.1, 0.15) is 5.56 Å². The molecule has 0 aliphatic carbocycles. The second-order valence-corrected chi connectivity index (χ2v) is 4.89. The quantitative estimate of drug-likeness (QED) is 0.679. The van der Waals surface area contributed by atoms with Gasteiger partial charge in [-0.1, -0.05) is 15.9 Å². The van der Waals surface area contributed by atoms with Gasteiger partial charge in [-0.2, -0.15) is 0 Å². The summed E-state index contributed by atoms with van der Waals surface area (Å²) in [6, 6.07) is 9.18.